The molecule has 0 radical (unpaired) electrons. The first-order valence-corrected chi connectivity index (χ1v) is 13.8. The highest BCUT2D eigenvalue weighted by atomic mass is 79.9. The number of hydrogen-bond donors (Lipinski definition) is 0. The minimum absolute atomic E-state index is 0.996. The zero-order chi connectivity index (χ0) is 19.6. The van der Waals surface area contributed by atoms with Crippen molar-refractivity contribution in [1.82, 2.24) is 0 Å². The summed E-state index contributed by atoms with van der Waals surface area (Å²) in [5.74, 6) is 0. The summed E-state index contributed by atoms with van der Waals surface area (Å²) in [7, 11) is 0. The maximum absolute atomic E-state index is 6.87. The summed E-state index contributed by atoms with van der Waals surface area (Å²) in [5, 5.41) is 2.00. The Labute approximate surface area is 184 Å². The van der Waals surface area contributed by atoms with Crippen LogP contribution >= 0.6 is 38.1 Å². The molecule has 0 aliphatic carbocycles. The lowest BCUT2D eigenvalue weighted by molar-refractivity contribution is 1.58. The third-order valence-electron chi connectivity index (χ3n) is 4.74. The minimum Gasteiger partial charge on any atom is -0.134 e. The van der Waals surface area contributed by atoms with E-state index in [1.54, 1.807) is 0 Å². The summed E-state index contributed by atoms with van der Waals surface area (Å²) in [5.41, 5.74) is 4.63. The third kappa shape index (κ3) is 4.11. The topological polar surface area (TPSA) is 0 Å². The highest BCUT2D eigenvalue weighted by Crippen LogP contribution is 2.27. The van der Waals surface area contributed by atoms with E-state index >= 15 is 0 Å². The van der Waals surface area contributed by atoms with Crippen LogP contribution < -0.4 is 10.4 Å². The first-order chi connectivity index (χ1) is 13.5. The number of rotatable bonds is 4. The molecule has 28 heavy (non-hydrogen) atoms. The maximum Gasteiger partial charge on any atom is 0.310 e. The SMILES string of the molecule is Cl[Si](Cl)(c1ccccc1)c1cccc(-c2ccc(-c3cccc(Br)c3)cc2)c1. The van der Waals surface area contributed by atoms with Gasteiger partial charge in [-0.25, -0.2) is 0 Å². The van der Waals surface area contributed by atoms with Crippen LogP contribution in [0.4, 0.5) is 0 Å². The second kappa shape index (κ2) is 8.26. The van der Waals surface area contributed by atoms with Crippen LogP contribution in [-0.4, -0.2) is 6.69 Å². The number of benzene rings is 4. The summed E-state index contributed by atoms with van der Waals surface area (Å²) < 4.78 is 1.08. The molecule has 0 amide bonds. The van der Waals surface area contributed by atoms with Gasteiger partial charge in [-0.1, -0.05) is 107 Å². The van der Waals surface area contributed by atoms with Crippen LogP contribution in [0.1, 0.15) is 0 Å². The first-order valence-electron chi connectivity index (χ1n) is 8.94. The smallest absolute Gasteiger partial charge is 0.134 e. The van der Waals surface area contributed by atoms with Gasteiger partial charge in [-0.15, -0.1) is 22.2 Å². The Morgan fingerprint density at radius 1 is 0.500 bits per heavy atom. The predicted molar refractivity (Wildman–Crippen MR) is 128 cm³/mol. The molecule has 4 aromatic rings. The first kappa shape index (κ1) is 19.5. The molecular formula is C24H17BrCl2Si. The molecule has 0 atom stereocenters. The Hall–Kier alpha value is -1.84. The van der Waals surface area contributed by atoms with Gasteiger partial charge in [-0.2, -0.15) is 0 Å². The summed E-state index contributed by atoms with van der Waals surface area (Å²) in [6.45, 7) is -2.75. The van der Waals surface area contributed by atoms with E-state index in [0.29, 0.717) is 0 Å². The monoisotopic (exact) mass is 482 g/mol. The van der Waals surface area contributed by atoms with Crippen molar-refractivity contribution in [1.29, 1.82) is 0 Å². The Morgan fingerprint density at radius 3 is 1.64 bits per heavy atom. The van der Waals surface area contributed by atoms with Crippen LogP contribution in [0.5, 0.6) is 0 Å². The molecule has 0 aromatic heterocycles. The fraction of sp³-hybridized carbons (Fsp3) is 0. The Morgan fingerprint density at radius 2 is 1.04 bits per heavy atom. The molecule has 138 valence electrons. The molecule has 0 N–H and O–H groups in total. The zero-order valence-corrected chi connectivity index (χ0v) is 19.0. The van der Waals surface area contributed by atoms with E-state index in [1.807, 2.05) is 54.6 Å². The molecule has 0 aliphatic rings. The van der Waals surface area contributed by atoms with E-state index in [-0.39, 0.29) is 0 Å². The Balaban J connectivity index is 1.66. The lowest BCUT2D eigenvalue weighted by atomic mass is 10.0. The van der Waals surface area contributed by atoms with E-state index < -0.39 is 6.69 Å². The molecule has 0 saturated heterocycles. The molecule has 0 saturated carbocycles. The summed E-state index contributed by atoms with van der Waals surface area (Å²) in [6.07, 6.45) is 0. The van der Waals surface area contributed by atoms with Gasteiger partial charge in [0.05, 0.1) is 0 Å². The molecule has 0 bridgehead atoms. The van der Waals surface area contributed by atoms with E-state index in [9.17, 15) is 0 Å². The third-order valence-corrected chi connectivity index (χ3v) is 9.94. The van der Waals surface area contributed by atoms with Crippen LogP contribution in [0.25, 0.3) is 22.3 Å². The van der Waals surface area contributed by atoms with Gasteiger partial charge in [-0.05, 0) is 44.8 Å². The molecule has 0 nitrogen and oxygen atoms in total. The van der Waals surface area contributed by atoms with E-state index in [1.165, 1.54) is 11.1 Å². The molecular weight excluding hydrogens is 467 g/mol. The van der Waals surface area contributed by atoms with Gasteiger partial charge in [0.15, 0.2) is 0 Å². The largest absolute Gasteiger partial charge is 0.310 e. The van der Waals surface area contributed by atoms with Gasteiger partial charge >= 0.3 is 6.69 Å². The Kier molecular flexibility index (Phi) is 5.74. The van der Waals surface area contributed by atoms with Gasteiger partial charge in [0.25, 0.3) is 0 Å². The predicted octanol–water partition coefficient (Wildman–Crippen LogP) is 6.82. The van der Waals surface area contributed by atoms with Crippen LogP contribution in [0.15, 0.2) is 108 Å². The van der Waals surface area contributed by atoms with E-state index in [4.69, 9.17) is 22.2 Å². The lowest BCUT2D eigenvalue weighted by Gasteiger charge is -2.18. The molecule has 0 aliphatic heterocycles. The van der Waals surface area contributed by atoms with E-state index in [2.05, 4.69) is 64.5 Å². The molecule has 0 heterocycles. The zero-order valence-electron chi connectivity index (χ0n) is 14.9. The van der Waals surface area contributed by atoms with Crippen molar-refractivity contribution in [2.75, 3.05) is 0 Å². The van der Waals surface area contributed by atoms with Gasteiger partial charge < -0.3 is 0 Å². The van der Waals surface area contributed by atoms with Crippen molar-refractivity contribution in [3.05, 3.63) is 108 Å². The standard InChI is InChI=1S/C24H17BrCl2Si/c25-22-8-4-6-20(16-22)18-12-14-19(15-13-18)21-7-5-11-24(17-21)28(26,27)23-9-2-1-3-10-23/h1-17H. The number of halogens is 3. The molecule has 4 aromatic carbocycles. The second-order valence-electron chi connectivity index (χ2n) is 6.61. The van der Waals surface area contributed by atoms with Crippen molar-refractivity contribution >= 4 is 55.2 Å². The van der Waals surface area contributed by atoms with Crippen molar-refractivity contribution in [3.63, 3.8) is 0 Å². The van der Waals surface area contributed by atoms with Crippen molar-refractivity contribution < 1.29 is 0 Å². The summed E-state index contributed by atoms with van der Waals surface area (Å²) >= 11 is 17.3. The van der Waals surface area contributed by atoms with Gasteiger partial charge in [-0.3, -0.25) is 0 Å². The van der Waals surface area contributed by atoms with Gasteiger partial charge in [0, 0.05) is 4.47 Å². The number of hydrogen-bond acceptors (Lipinski definition) is 0. The highest BCUT2D eigenvalue weighted by Gasteiger charge is 2.33. The quantitative estimate of drug-likeness (QED) is 0.220. The lowest BCUT2D eigenvalue weighted by Crippen LogP contribution is -2.48. The van der Waals surface area contributed by atoms with Crippen LogP contribution in [0.3, 0.4) is 0 Å². The van der Waals surface area contributed by atoms with Crippen LogP contribution in [0, 0.1) is 0 Å². The van der Waals surface area contributed by atoms with Crippen molar-refractivity contribution in [3.8, 4) is 22.3 Å². The van der Waals surface area contributed by atoms with Gasteiger partial charge in [0.2, 0.25) is 0 Å². The highest BCUT2D eigenvalue weighted by molar-refractivity contribution is 9.10. The van der Waals surface area contributed by atoms with Gasteiger partial charge in [0.1, 0.15) is 0 Å². The van der Waals surface area contributed by atoms with E-state index in [0.717, 1.165) is 26.0 Å². The maximum atomic E-state index is 6.87. The fourth-order valence-corrected chi connectivity index (χ4v) is 6.68. The minimum atomic E-state index is -2.75. The second-order valence-corrected chi connectivity index (χ2v) is 13.8. The summed E-state index contributed by atoms with van der Waals surface area (Å²) in [4.78, 5) is 0. The molecule has 0 spiro atoms. The molecule has 0 fully saturated rings. The average Bonchev–Trinajstić information content (AvgIpc) is 2.75. The van der Waals surface area contributed by atoms with Crippen LogP contribution in [-0.2, 0) is 0 Å². The average molecular weight is 484 g/mol. The summed E-state index contributed by atoms with van der Waals surface area (Å²) in [6, 6.07) is 35.1. The van der Waals surface area contributed by atoms with Crippen molar-refractivity contribution in [2.24, 2.45) is 0 Å². The molecule has 0 unspecified atom stereocenters. The molecule has 4 heteroatoms. The fourth-order valence-electron chi connectivity index (χ4n) is 3.23. The van der Waals surface area contributed by atoms with Crippen molar-refractivity contribution in [2.45, 2.75) is 0 Å². The Bertz CT molecular complexity index is 1090. The van der Waals surface area contributed by atoms with Crippen LogP contribution in [0.2, 0.25) is 0 Å². The molecule has 4 rings (SSSR count). The normalized spacial score (nSPS) is 11.4.